The van der Waals surface area contributed by atoms with E-state index in [4.69, 9.17) is 5.73 Å². The van der Waals surface area contributed by atoms with Crippen molar-refractivity contribution < 1.29 is 12.8 Å². The average molecular weight is 440 g/mol. The summed E-state index contributed by atoms with van der Waals surface area (Å²) in [4.78, 5) is 7.25. The molecule has 1 heterocycles. The van der Waals surface area contributed by atoms with Gasteiger partial charge in [-0.2, -0.15) is 0 Å². The van der Waals surface area contributed by atoms with Gasteiger partial charge in [0, 0.05) is 5.69 Å². The highest BCUT2D eigenvalue weighted by atomic mass is 79.9. The van der Waals surface area contributed by atoms with Crippen LogP contribution in [0.15, 0.2) is 32.4 Å². The van der Waals surface area contributed by atoms with Gasteiger partial charge in [-0.3, -0.25) is 4.72 Å². The molecule has 0 aliphatic heterocycles. The van der Waals surface area contributed by atoms with Gasteiger partial charge in [0.25, 0.3) is 10.0 Å². The fourth-order valence-corrected chi connectivity index (χ4v) is 3.80. The number of nitrogen functional groups attached to an aromatic ring is 1. The van der Waals surface area contributed by atoms with Crippen LogP contribution in [-0.2, 0) is 10.0 Å². The van der Waals surface area contributed by atoms with Crippen molar-refractivity contribution in [2.24, 2.45) is 0 Å². The number of aryl methyl sites for hydroxylation is 1. The molecule has 21 heavy (non-hydrogen) atoms. The third kappa shape index (κ3) is 3.50. The number of halogens is 3. The molecule has 0 atom stereocenters. The SMILES string of the molecule is Cc1cc(N)cc(S(=O)(=O)Nc2ncc(Br)nc2Br)c1F. The van der Waals surface area contributed by atoms with Gasteiger partial charge in [0.1, 0.15) is 15.3 Å². The molecule has 0 saturated carbocycles. The molecule has 0 aliphatic rings. The molecule has 0 aliphatic carbocycles. The zero-order valence-electron chi connectivity index (χ0n) is 10.6. The molecule has 1 aromatic heterocycles. The van der Waals surface area contributed by atoms with E-state index in [0.717, 1.165) is 6.07 Å². The van der Waals surface area contributed by atoms with Crippen LogP contribution >= 0.6 is 31.9 Å². The minimum Gasteiger partial charge on any atom is -0.399 e. The van der Waals surface area contributed by atoms with E-state index in [9.17, 15) is 12.8 Å². The number of anilines is 2. The fraction of sp³-hybridized carbons (Fsp3) is 0.0909. The van der Waals surface area contributed by atoms with Crippen molar-refractivity contribution in [2.75, 3.05) is 10.5 Å². The Kier molecular flexibility index (Phi) is 4.49. The topological polar surface area (TPSA) is 98.0 Å². The lowest BCUT2D eigenvalue weighted by atomic mass is 10.2. The number of nitrogens with one attached hydrogen (secondary N) is 1. The largest absolute Gasteiger partial charge is 0.399 e. The van der Waals surface area contributed by atoms with Crippen LogP contribution in [0.4, 0.5) is 15.9 Å². The monoisotopic (exact) mass is 438 g/mol. The van der Waals surface area contributed by atoms with Crippen LogP contribution in [0.2, 0.25) is 0 Å². The summed E-state index contributed by atoms with van der Waals surface area (Å²) >= 11 is 6.16. The Morgan fingerprint density at radius 3 is 2.62 bits per heavy atom. The number of hydrogen-bond donors (Lipinski definition) is 2. The first-order chi connectivity index (χ1) is 9.70. The van der Waals surface area contributed by atoms with E-state index >= 15 is 0 Å². The minimum atomic E-state index is -4.18. The van der Waals surface area contributed by atoms with Crippen LogP contribution in [-0.4, -0.2) is 18.4 Å². The van der Waals surface area contributed by atoms with Gasteiger partial charge in [0.15, 0.2) is 10.4 Å². The van der Waals surface area contributed by atoms with Gasteiger partial charge in [-0.25, -0.2) is 22.8 Å². The standard InChI is InChI=1S/C11H9Br2FN4O2S/c1-5-2-6(15)3-7(9(5)14)21(19,20)18-11-10(13)17-8(12)4-16-11/h2-4H,15H2,1H3,(H,16,18). The third-order valence-corrected chi connectivity index (χ3v) is 4.74. The fourth-order valence-electron chi connectivity index (χ4n) is 1.56. The zero-order valence-corrected chi connectivity index (χ0v) is 14.6. The van der Waals surface area contributed by atoms with Crippen LogP contribution < -0.4 is 10.5 Å². The molecule has 0 unspecified atom stereocenters. The van der Waals surface area contributed by atoms with Gasteiger partial charge in [-0.15, -0.1) is 0 Å². The average Bonchev–Trinajstić information content (AvgIpc) is 2.37. The Morgan fingerprint density at radius 1 is 1.33 bits per heavy atom. The summed E-state index contributed by atoms with van der Waals surface area (Å²) in [5.74, 6) is -0.921. The molecule has 0 bridgehead atoms. The number of sulfonamides is 1. The maximum absolute atomic E-state index is 14.0. The normalized spacial score (nSPS) is 11.4. The van der Waals surface area contributed by atoms with Gasteiger partial charge in [-0.05, 0) is 56.5 Å². The summed E-state index contributed by atoms with van der Waals surface area (Å²) in [6, 6.07) is 2.40. The lowest BCUT2D eigenvalue weighted by molar-refractivity contribution is 0.565. The molecule has 6 nitrogen and oxygen atoms in total. The summed E-state index contributed by atoms with van der Waals surface area (Å²) in [6.45, 7) is 1.43. The Morgan fingerprint density at radius 2 is 2.00 bits per heavy atom. The van der Waals surface area contributed by atoms with Crippen molar-refractivity contribution in [3.63, 3.8) is 0 Å². The minimum absolute atomic E-state index is 0.0577. The van der Waals surface area contributed by atoms with Crippen LogP contribution in [0.1, 0.15) is 5.56 Å². The number of hydrogen-bond acceptors (Lipinski definition) is 5. The number of rotatable bonds is 3. The van der Waals surface area contributed by atoms with Crippen LogP contribution in [0.3, 0.4) is 0 Å². The highest BCUT2D eigenvalue weighted by molar-refractivity contribution is 9.11. The summed E-state index contributed by atoms with van der Waals surface area (Å²) in [6.07, 6.45) is 1.31. The van der Waals surface area contributed by atoms with Crippen molar-refractivity contribution in [1.82, 2.24) is 9.97 Å². The van der Waals surface area contributed by atoms with Crippen LogP contribution in [0.25, 0.3) is 0 Å². The van der Waals surface area contributed by atoms with Crippen molar-refractivity contribution in [3.8, 4) is 0 Å². The van der Waals surface area contributed by atoms with E-state index < -0.39 is 20.7 Å². The van der Waals surface area contributed by atoms with Gasteiger partial charge in [0.2, 0.25) is 0 Å². The van der Waals surface area contributed by atoms with Crippen molar-refractivity contribution in [3.05, 3.63) is 38.9 Å². The number of nitrogens with zero attached hydrogens (tertiary/aromatic N) is 2. The highest BCUT2D eigenvalue weighted by Crippen LogP contribution is 2.26. The summed E-state index contributed by atoms with van der Waals surface area (Å²) in [5.41, 5.74) is 5.85. The second kappa shape index (κ2) is 5.85. The first-order valence-electron chi connectivity index (χ1n) is 5.47. The molecule has 0 saturated heterocycles. The molecule has 0 fully saturated rings. The number of benzene rings is 1. The van der Waals surface area contributed by atoms with Crippen LogP contribution in [0.5, 0.6) is 0 Å². The second-order valence-corrected chi connectivity index (χ2v) is 7.30. The molecule has 2 aromatic rings. The predicted molar refractivity (Wildman–Crippen MR) is 83.8 cm³/mol. The Labute approximate surface area is 137 Å². The van der Waals surface area contributed by atoms with E-state index in [1.807, 2.05) is 0 Å². The van der Waals surface area contributed by atoms with Crippen molar-refractivity contribution in [2.45, 2.75) is 11.8 Å². The molecule has 1 aromatic carbocycles. The summed E-state index contributed by atoms with van der Waals surface area (Å²) in [5, 5.41) is 0. The molecule has 0 amide bonds. The van der Waals surface area contributed by atoms with E-state index in [-0.39, 0.29) is 21.7 Å². The quantitative estimate of drug-likeness (QED) is 0.716. The first-order valence-corrected chi connectivity index (χ1v) is 8.54. The molecule has 0 spiro atoms. The molecule has 112 valence electrons. The molecule has 0 radical (unpaired) electrons. The maximum atomic E-state index is 14.0. The van der Waals surface area contributed by atoms with Gasteiger partial charge in [0.05, 0.1) is 6.20 Å². The van der Waals surface area contributed by atoms with Gasteiger partial charge < -0.3 is 5.73 Å². The highest BCUT2D eigenvalue weighted by Gasteiger charge is 2.23. The lowest BCUT2D eigenvalue weighted by Crippen LogP contribution is -2.17. The molecular weight excluding hydrogens is 431 g/mol. The smallest absolute Gasteiger partial charge is 0.266 e. The first kappa shape index (κ1) is 16.1. The third-order valence-electron chi connectivity index (χ3n) is 2.46. The molecule has 10 heteroatoms. The van der Waals surface area contributed by atoms with E-state index in [1.54, 1.807) is 0 Å². The second-order valence-electron chi connectivity index (χ2n) is 4.09. The van der Waals surface area contributed by atoms with Gasteiger partial charge in [-0.1, -0.05) is 0 Å². The molecule has 3 N–H and O–H groups in total. The van der Waals surface area contributed by atoms with Crippen molar-refractivity contribution in [1.29, 1.82) is 0 Å². The lowest BCUT2D eigenvalue weighted by Gasteiger charge is -2.11. The zero-order chi connectivity index (χ0) is 15.8. The van der Waals surface area contributed by atoms with Crippen molar-refractivity contribution >= 4 is 53.4 Å². The van der Waals surface area contributed by atoms with Crippen LogP contribution in [0, 0.1) is 12.7 Å². The predicted octanol–water partition coefficient (Wildman–Crippen LogP) is 2.83. The van der Waals surface area contributed by atoms with E-state index in [1.165, 1.54) is 19.2 Å². The maximum Gasteiger partial charge on any atom is 0.266 e. The Bertz CT molecular complexity index is 814. The number of aromatic nitrogens is 2. The van der Waals surface area contributed by atoms with E-state index in [2.05, 4.69) is 46.5 Å². The Hall–Kier alpha value is -1.26. The summed E-state index contributed by atoms with van der Waals surface area (Å²) in [7, 11) is -4.18. The molecule has 2 rings (SSSR count). The Balaban J connectivity index is 2.48. The van der Waals surface area contributed by atoms with Gasteiger partial charge >= 0.3 is 0 Å². The molecular formula is C11H9Br2FN4O2S. The summed E-state index contributed by atoms with van der Waals surface area (Å²) < 4.78 is 41.3. The number of nitrogens with two attached hydrogens (primary N) is 1. The van der Waals surface area contributed by atoms with E-state index in [0.29, 0.717) is 4.60 Å².